The van der Waals surface area contributed by atoms with Gasteiger partial charge in [0.05, 0.1) is 10.0 Å². The van der Waals surface area contributed by atoms with Gasteiger partial charge in [-0.3, -0.25) is 9.88 Å². The molecular formula is C18H28Cl2NO3P. The van der Waals surface area contributed by atoms with Crippen LogP contribution in [-0.4, -0.2) is 22.4 Å². The van der Waals surface area contributed by atoms with E-state index < -0.39 is 14.3 Å². The van der Waals surface area contributed by atoms with Gasteiger partial charge in [0.15, 0.2) is 8.03 Å². The molecule has 1 aromatic carbocycles. The Hall–Kier alpha value is -0.0900. The highest BCUT2D eigenvalue weighted by Gasteiger charge is 2.24. The summed E-state index contributed by atoms with van der Waals surface area (Å²) in [5.41, 5.74) is 0.985. The lowest BCUT2D eigenvalue weighted by molar-refractivity contribution is 0.102. The summed E-state index contributed by atoms with van der Waals surface area (Å²) in [6.07, 6.45) is 5.82. The molecule has 0 saturated heterocycles. The Bertz CT molecular complexity index is 587. The van der Waals surface area contributed by atoms with Gasteiger partial charge in [0.25, 0.3) is 0 Å². The molecule has 1 saturated carbocycles. The molecule has 5 atom stereocenters. The molecule has 0 amide bonds. The van der Waals surface area contributed by atoms with Gasteiger partial charge in [-0.15, -0.1) is 0 Å². The molecule has 0 aliphatic heterocycles. The van der Waals surface area contributed by atoms with Gasteiger partial charge < -0.3 is 10.00 Å². The van der Waals surface area contributed by atoms with E-state index in [1.54, 1.807) is 6.07 Å². The summed E-state index contributed by atoms with van der Waals surface area (Å²) in [6.45, 7) is 1.98. The van der Waals surface area contributed by atoms with Crippen LogP contribution in [0, 0.1) is 11.8 Å². The van der Waals surface area contributed by atoms with Gasteiger partial charge in [0.1, 0.15) is 6.23 Å². The summed E-state index contributed by atoms with van der Waals surface area (Å²) in [7, 11) is -2.37. The van der Waals surface area contributed by atoms with E-state index in [4.69, 9.17) is 28.1 Å². The van der Waals surface area contributed by atoms with Gasteiger partial charge in [-0.2, -0.15) is 0 Å². The zero-order valence-electron chi connectivity index (χ0n) is 14.5. The van der Waals surface area contributed by atoms with E-state index >= 15 is 0 Å². The second kappa shape index (κ2) is 10.3. The summed E-state index contributed by atoms with van der Waals surface area (Å²) in [5, 5.41) is 14.5. The maximum atomic E-state index is 11.1. The highest BCUT2D eigenvalue weighted by molar-refractivity contribution is 7.38. The highest BCUT2D eigenvalue weighted by Crippen LogP contribution is 2.36. The minimum atomic E-state index is -2.37. The molecule has 1 aliphatic carbocycles. The second-order valence-electron chi connectivity index (χ2n) is 7.15. The highest BCUT2D eigenvalue weighted by atomic mass is 35.5. The molecule has 1 fully saturated rings. The lowest BCUT2D eigenvalue weighted by Gasteiger charge is -2.29. The minimum absolute atomic E-state index is 0.0242. The minimum Gasteiger partial charge on any atom is -0.379 e. The zero-order valence-corrected chi connectivity index (χ0v) is 17.1. The van der Waals surface area contributed by atoms with Gasteiger partial charge in [-0.25, -0.2) is 0 Å². The van der Waals surface area contributed by atoms with Crippen LogP contribution < -0.4 is 5.32 Å². The van der Waals surface area contributed by atoms with E-state index in [2.05, 4.69) is 5.32 Å². The maximum Gasteiger partial charge on any atom is 0.189 e. The number of benzene rings is 1. The number of rotatable bonds is 8. The fraction of sp³-hybridized carbons (Fsp3) is 0.667. The van der Waals surface area contributed by atoms with Crippen LogP contribution in [0.4, 0.5) is 0 Å². The number of hydrogen-bond acceptors (Lipinski definition) is 3. The smallest absolute Gasteiger partial charge is 0.189 e. The van der Waals surface area contributed by atoms with Crippen molar-refractivity contribution in [3.63, 3.8) is 0 Å². The first-order valence-corrected chi connectivity index (χ1v) is 11.3. The first-order valence-electron chi connectivity index (χ1n) is 8.96. The molecule has 2 rings (SSSR count). The molecule has 0 bridgehead atoms. The fourth-order valence-electron chi connectivity index (χ4n) is 3.74. The summed E-state index contributed by atoms with van der Waals surface area (Å²) >= 11 is 12.0. The molecule has 7 heteroatoms. The van der Waals surface area contributed by atoms with Crippen LogP contribution in [0.25, 0.3) is 0 Å². The van der Waals surface area contributed by atoms with Crippen molar-refractivity contribution in [3.8, 4) is 0 Å². The number of aliphatic hydroxyl groups is 1. The van der Waals surface area contributed by atoms with Crippen LogP contribution in [-0.2, 0) is 4.57 Å². The van der Waals surface area contributed by atoms with Crippen molar-refractivity contribution in [1.82, 2.24) is 5.32 Å². The van der Waals surface area contributed by atoms with Crippen molar-refractivity contribution in [3.05, 3.63) is 33.8 Å². The number of nitrogens with one attached hydrogen (secondary N) is 1. The van der Waals surface area contributed by atoms with E-state index in [0.717, 1.165) is 37.7 Å². The van der Waals surface area contributed by atoms with Crippen molar-refractivity contribution in [2.24, 2.45) is 11.8 Å². The molecule has 3 N–H and O–H groups in total. The van der Waals surface area contributed by atoms with Gasteiger partial charge in [-0.1, -0.05) is 42.1 Å². The van der Waals surface area contributed by atoms with Crippen LogP contribution >= 0.6 is 31.2 Å². The van der Waals surface area contributed by atoms with Crippen molar-refractivity contribution in [1.29, 1.82) is 0 Å². The normalized spacial score (nSPS) is 24.7. The number of halogens is 2. The SMILES string of the molecule is C[C@@H](NC(O)CCC1CCCC(C[PH](=O)O)C1)c1ccc(Cl)c(Cl)c1. The Labute approximate surface area is 160 Å². The average Bonchev–Trinajstić information content (AvgIpc) is 2.55. The number of aliphatic hydroxyl groups excluding tert-OH is 1. The lowest BCUT2D eigenvalue weighted by Crippen LogP contribution is -2.32. The Morgan fingerprint density at radius 2 is 2.00 bits per heavy atom. The predicted molar refractivity (Wildman–Crippen MR) is 105 cm³/mol. The molecule has 0 heterocycles. The third-order valence-electron chi connectivity index (χ3n) is 5.09. The van der Waals surface area contributed by atoms with Crippen molar-refractivity contribution >= 4 is 31.2 Å². The van der Waals surface area contributed by atoms with E-state index in [0.29, 0.717) is 34.5 Å². The molecule has 1 aromatic rings. The first kappa shape index (κ1) is 21.2. The molecular weight excluding hydrogens is 380 g/mol. The Morgan fingerprint density at radius 3 is 2.68 bits per heavy atom. The van der Waals surface area contributed by atoms with Gasteiger partial charge in [0.2, 0.25) is 0 Å². The van der Waals surface area contributed by atoms with E-state index in [1.165, 1.54) is 0 Å². The molecule has 0 aromatic heterocycles. The van der Waals surface area contributed by atoms with Crippen molar-refractivity contribution in [2.45, 2.75) is 57.7 Å². The monoisotopic (exact) mass is 407 g/mol. The van der Waals surface area contributed by atoms with Crippen LogP contribution in [0.5, 0.6) is 0 Å². The molecule has 0 spiro atoms. The first-order chi connectivity index (χ1) is 11.8. The molecule has 4 unspecified atom stereocenters. The van der Waals surface area contributed by atoms with E-state index in [1.807, 2.05) is 19.1 Å². The van der Waals surface area contributed by atoms with Crippen LogP contribution in [0.1, 0.15) is 57.1 Å². The predicted octanol–water partition coefficient (Wildman–Crippen LogP) is 5.02. The van der Waals surface area contributed by atoms with E-state index in [9.17, 15) is 9.67 Å². The fourth-order valence-corrected chi connectivity index (χ4v) is 4.91. The Morgan fingerprint density at radius 1 is 1.28 bits per heavy atom. The van der Waals surface area contributed by atoms with Crippen LogP contribution in [0.3, 0.4) is 0 Å². The quantitative estimate of drug-likeness (QED) is 0.418. The van der Waals surface area contributed by atoms with Gasteiger partial charge >= 0.3 is 0 Å². The molecule has 142 valence electrons. The third-order valence-corrected chi connectivity index (χ3v) is 6.75. The molecule has 25 heavy (non-hydrogen) atoms. The summed E-state index contributed by atoms with van der Waals surface area (Å²) in [4.78, 5) is 9.13. The standard InChI is InChI=1S/C18H28Cl2NO3P/c1-12(15-6-7-16(19)17(20)10-15)21-18(22)8-5-13-3-2-4-14(9-13)11-25(23)24/h6-7,10,12-14,18,21-22,25H,2-5,8-9,11H2,1H3,(H,23,24)/t12-,13?,14?,18?/m1/s1. The maximum absolute atomic E-state index is 11.1. The largest absolute Gasteiger partial charge is 0.379 e. The summed E-state index contributed by atoms with van der Waals surface area (Å²) in [5.74, 6) is 0.909. The average molecular weight is 408 g/mol. The van der Waals surface area contributed by atoms with Crippen LogP contribution in [0.15, 0.2) is 18.2 Å². The molecule has 4 nitrogen and oxygen atoms in total. The summed E-state index contributed by atoms with van der Waals surface area (Å²) < 4.78 is 11.1. The van der Waals surface area contributed by atoms with Gasteiger partial charge in [-0.05, 0) is 62.1 Å². The second-order valence-corrected chi connectivity index (χ2v) is 9.16. The van der Waals surface area contributed by atoms with Crippen LogP contribution in [0.2, 0.25) is 10.0 Å². The van der Waals surface area contributed by atoms with Crippen molar-refractivity contribution in [2.75, 3.05) is 6.16 Å². The Balaban J connectivity index is 1.76. The zero-order chi connectivity index (χ0) is 18.4. The molecule has 1 aliphatic rings. The van der Waals surface area contributed by atoms with E-state index in [-0.39, 0.29) is 6.04 Å². The Kier molecular flexibility index (Phi) is 8.74. The lowest BCUT2D eigenvalue weighted by atomic mass is 9.80. The van der Waals surface area contributed by atoms with Gasteiger partial charge in [0, 0.05) is 12.2 Å². The third kappa shape index (κ3) is 7.21. The topological polar surface area (TPSA) is 69.6 Å². The molecule has 0 radical (unpaired) electrons. The van der Waals surface area contributed by atoms with Crippen molar-refractivity contribution < 1.29 is 14.6 Å². The summed E-state index contributed by atoms with van der Waals surface area (Å²) in [6, 6.07) is 5.46. The number of hydrogen-bond donors (Lipinski definition) is 3.